The maximum absolute atomic E-state index is 10.9. The van der Waals surface area contributed by atoms with E-state index in [0.717, 1.165) is 23.6 Å². The quantitative estimate of drug-likeness (QED) is 0.755. The summed E-state index contributed by atoms with van der Waals surface area (Å²) < 4.78 is 22.9. The van der Waals surface area contributed by atoms with Crippen molar-refractivity contribution < 1.29 is 8.42 Å². The van der Waals surface area contributed by atoms with Crippen molar-refractivity contribution >= 4 is 10.2 Å². The molecule has 0 atom stereocenters. The lowest BCUT2D eigenvalue weighted by Crippen LogP contribution is -2.34. The Balaban J connectivity index is 2.41. The van der Waals surface area contributed by atoms with Crippen LogP contribution in [-0.4, -0.2) is 26.3 Å². The zero-order valence-electron chi connectivity index (χ0n) is 8.31. The molecule has 0 aliphatic heterocycles. The van der Waals surface area contributed by atoms with Crippen LogP contribution in [0.1, 0.15) is 19.3 Å². The summed E-state index contributed by atoms with van der Waals surface area (Å²) in [6, 6.07) is 0. The molecular weight excluding hydrogens is 200 g/mol. The zero-order valence-corrected chi connectivity index (χ0v) is 9.13. The number of nitrogens with zero attached hydrogens (tertiary/aromatic N) is 1. The summed E-state index contributed by atoms with van der Waals surface area (Å²) in [6.45, 7) is 0.439. The molecule has 4 nitrogen and oxygen atoms in total. The Morgan fingerprint density at radius 3 is 2.71 bits per heavy atom. The Hall–Kier alpha value is -0.650. The Kier molecular flexibility index (Phi) is 3.86. The van der Waals surface area contributed by atoms with Gasteiger partial charge in [-0.25, -0.2) is 5.14 Å². The van der Waals surface area contributed by atoms with E-state index in [-0.39, 0.29) is 0 Å². The largest absolute Gasteiger partial charge is 0.276 e. The highest BCUT2D eigenvalue weighted by molar-refractivity contribution is 7.86. The molecule has 0 heterocycles. The van der Waals surface area contributed by atoms with E-state index in [4.69, 9.17) is 5.14 Å². The fraction of sp³-hybridized carbons (Fsp3) is 0.556. The van der Waals surface area contributed by atoms with E-state index in [1.807, 2.05) is 6.08 Å². The number of hydrogen-bond donors (Lipinski definition) is 1. The smallest absolute Gasteiger partial charge is 0.216 e. The van der Waals surface area contributed by atoms with E-state index >= 15 is 0 Å². The van der Waals surface area contributed by atoms with Crippen LogP contribution in [-0.2, 0) is 10.2 Å². The van der Waals surface area contributed by atoms with Crippen molar-refractivity contribution in [1.29, 1.82) is 0 Å². The molecule has 0 bridgehead atoms. The average Bonchev–Trinajstić information content (AvgIpc) is 2.14. The minimum absolute atomic E-state index is 0.439. The number of rotatable bonds is 4. The summed E-state index contributed by atoms with van der Waals surface area (Å²) in [4.78, 5) is 0. The van der Waals surface area contributed by atoms with Gasteiger partial charge in [-0.05, 0) is 19.3 Å². The second-order valence-corrected chi connectivity index (χ2v) is 5.03. The highest BCUT2D eigenvalue weighted by Gasteiger charge is 2.11. The summed E-state index contributed by atoms with van der Waals surface area (Å²) >= 11 is 0. The lowest BCUT2D eigenvalue weighted by Gasteiger charge is -2.14. The van der Waals surface area contributed by atoms with E-state index in [9.17, 15) is 8.42 Å². The SMILES string of the molecule is CN(CCC1=CCCC=C1)S(N)(=O)=O. The molecule has 1 rings (SSSR count). The highest BCUT2D eigenvalue weighted by atomic mass is 32.2. The minimum atomic E-state index is -3.52. The lowest BCUT2D eigenvalue weighted by atomic mass is 10.0. The van der Waals surface area contributed by atoms with Crippen LogP contribution < -0.4 is 5.14 Å². The van der Waals surface area contributed by atoms with Crippen LogP contribution in [0, 0.1) is 0 Å². The Morgan fingerprint density at radius 2 is 2.21 bits per heavy atom. The van der Waals surface area contributed by atoms with Crippen LogP contribution in [0.2, 0.25) is 0 Å². The van der Waals surface area contributed by atoms with E-state index in [1.54, 1.807) is 0 Å². The van der Waals surface area contributed by atoms with Gasteiger partial charge in [-0.1, -0.05) is 23.8 Å². The van der Waals surface area contributed by atoms with Gasteiger partial charge in [0.2, 0.25) is 0 Å². The fourth-order valence-electron chi connectivity index (χ4n) is 1.27. The van der Waals surface area contributed by atoms with Gasteiger partial charge in [0.1, 0.15) is 0 Å². The monoisotopic (exact) mass is 216 g/mol. The molecule has 14 heavy (non-hydrogen) atoms. The van der Waals surface area contributed by atoms with Crippen LogP contribution in [0.25, 0.3) is 0 Å². The second-order valence-electron chi connectivity index (χ2n) is 3.38. The first-order valence-electron chi connectivity index (χ1n) is 4.60. The van der Waals surface area contributed by atoms with Crippen molar-refractivity contribution in [2.45, 2.75) is 19.3 Å². The van der Waals surface area contributed by atoms with Gasteiger partial charge in [0, 0.05) is 13.6 Å². The molecule has 1 aliphatic rings. The van der Waals surface area contributed by atoms with Crippen LogP contribution >= 0.6 is 0 Å². The molecule has 2 N–H and O–H groups in total. The van der Waals surface area contributed by atoms with E-state index < -0.39 is 10.2 Å². The molecule has 0 aromatic heterocycles. The van der Waals surface area contributed by atoms with Gasteiger partial charge in [-0.15, -0.1) is 0 Å². The summed E-state index contributed by atoms with van der Waals surface area (Å²) in [5.41, 5.74) is 1.19. The van der Waals surface area contributed by atoms with Crippen molar-refractivity contribution in [3.63, 3.8) is 0 Å². The molecular formula is C9H16N2O2S. The van der Waals surface area contributed by atoms with Crippen molar-refractivity contribution in [3.8, 4) is 0 Å². The average molecular weight is 216 g/mol. The summed E-state index contributed by atoms with van der Waals surface area (Å²) in [5, 5.41) is 4.96. The van der Waals surface area contributed by atoms with Gasteiger partial charge < -0.3 is 0 Å². The normalized spacial score (nSPS) is 17.2. The topological polar surface area (TPSA) is 63.4 Å². The Bertz CT molecular complexity index is 344. The molecule has 80 valence electrons. The third kappa shape index (κ3) is 3.61. The summed E-state index contributed by atoms with van der Waals surface area (Å²) in [6.07, 6.45) is 9.13. The summed E-state index contributed by atoms with van der Waals surface area (Å²) in [5.74, 6) is 0. The molecule has 0 amide bonds. The molecule has 0 saturated carbocycles. The third-order valence-electron chi connectivity index (χ3n) is 2.22. The molecule has 0 spiro atoms. The minimum Gasteiger partial charge on any atom is -0.216 e. The molecule has 0 radical (unpaired) electrons. The Labute approximate surface area is 85.3 Å². The molecule has 0 unspecified atom stereocenters. The van der Waals surface area contributed by atoms with E-state index in [2.05, 4.69) is 12.2 Å². The van der Waals surface area contributed by atoms with Gasteiger partial charge in [0.15, 0.2) is 0 Å². The van der Waals surface area contributed by atoms with Gasteiger partial charge in [-0.3, -0.25) is 0 Å². The Morgan fingerprint density at radius 1 is 1.50 bits per heavy atom. The summed E-state index contributed by atoms with van der Waals surface area (Å²) in [7, 11) is -2.03. The maximum Gasteiger partial charge on any atom is 0.276 e. The van der Waals surface area contributed by atoms with Crippen LogP contribution in [0.4, 0.5) is 0 Å². The molecule has 5 heteroatoms. The van der Waals surface area contributed by atoms with Crippen molar-refractivity contribution in [1.82, 2.24) is 4.31 Å². The number of hydrogen-bond acceptors (Lipinski definition) is 2. The highest BCUT2D eigenvalue weighted by Crippen LogP contribution is 2.13. The molecule has 0 saturated heterocycles. The van der Waals surface area contributed by atoms with Gasteiger partial charge in [-0.2, -0.15) is 12.7 Å². The predicted molar refractivity (Wildman–Crippen MR) is 56.8 cm³/mol. The first-order chi connectivity index (χ1) is 6.50. The first-order valence-corrected chi connectivity index (χ1v) is 6.10. The first kappa shape index (κ1) is 11.4. The standard InChI is InChI=1S/C9H16N2O2S/c1-11(14(10,12)13)8-7-9-5-3-2-4-6-9/h3,5-6H,2,4,7-8H2,1H3,(H2,10,12,13). The van der Waals surface area contributed by atoms with Crippen molar-refractivity contribution in [2.24, 2.45) is 5.14 Å². The van der Waals surface area contributed by atoms with Crippen LogP contribution in [0.15, 0.2) is 23.8 Å². The van der Waals surface area contributed by atoms with Crippen molar-refractivity contribution in [2.75, 3.05) is 13.6 Å². The third-order valence-corrected chi connectivity index (χ3v) is 3.27. The molecule has 0 aromatic carbocycles. The number of nitrogens with two attached hydrogens (primary N) is 1. The molecule has 0 aromatic rings. The zero-order chi connectivity index (χ0) is 10.6. The van der Waals surface area contributed by atoms with Gasteiger partial charge >= 0.3 is 0 Å². The van der Waals surface area contributed by atoms with E-state index in [0.29, 0.717) is 6.54 Å². The van der Waals surface area contributed by atoms with Crippen LogP contribution in [0.3, 0.4) is 0 Å². The lowest BCUT2D eigenvalue weighted by molar-refractivity contribution is 0.474. The van der Waals surface area contributed by atoms with Gasteiger partial charge in [0.05, 0.1) is 0 Å². The van der Waals surface area contributed by atoms with Gasteiger partial charge in [0.25, 0.3) is 10.2 Å². The second kappa shape index (κ2) is 4.72. The molecule has 0 fully saturated rings. The van der Waals surface area contributed by atoms with Crippen LogP contribution in [0.5, 0.6) is 0 Å². The fourth-order valence-corrected chi connectivity index (χ4v) is 1.61. The number of allylic oxidation sites excluding steroid dienone is 3. The molecule has 1 aliphatic carbocycles. The predicted octanol–water partition coefficient (Wildman–Crippen LogP) is 0.788. The van der Waals surface area contributed by atoms with E-state index in [1.165, 1.54) is 12.6 Å². The maximum atomic E-state index is 10.9. The van der Waals surface area contributed by atoms with Crippen molar-refractivity contribution in [3.05, 3.63) is 23.8 Å².